The molecule has 0 radical (unpaired) electrons. The van der Waals surface area contributed by atoms with Crippen molar-refractivity contribution in [2.75, 3.05) is 17.3 Å². The maximum Gasteiger partial charge on any atom is 0.279 e. The summed E-state index contributed by atoms with van der Waals surface area (Å²) in [5.74, 6) is -1.14. The lowest BCUT2D eigenvalue weighted by atomic mass is 10.3. The molecule has 0 bridgehead atoms. The number of benzene rings is 1. The van der Waals surface area contributed by atoms with Crippen LogP contribution < -0.4 is 16.2 Å². The number of hydrogen-bond donors (Lipinski definition) is 4. The van der Waals surface area contributed by atoms with Crippen LogP contribution in [0.1, 0.15) is 0 Å². The summed E-state index contributed by atoms with van der Waals surface area (Å²) >= 11 is 0. The highest BCUT2D eigenvalue weighted by Gasteiger charge is 2.19. The molecule has 0 aliphatic rings. The first-order valence-corrected chi connectivity index (χ1v) is 7.31. The Morgan fingerprint density at radius 2 is 1.76 bits per heavy atom. The predicted molar refractivity (Wildman–Crippen MR) is 62.0 cm³/mol. The Balaban J connectivity index is 3.10. The summed E-state index contributed by atoms with van der Waals surface area (Å²) in [5, 5.41) is 0. The zero-order chi connectivity index (χ0) is 13.3. The van der Waals surface area contributed by atoms with Crippen LogP contribution in [-0.4, -0.2) is 27.3 Å². The van der Waals surface area contributed by atoms with Crippen molar-refractivity contribution in [3.8, 4) is 0 Å². The van der Waals surface area contributed by atoms with Crippen LogP contribution in [0.4, 0.5) is 11.4 Å². The molecule has 0 aliphatic carbocycles. The third-order valence-electron chi connectivity index (χ3n) is 1.76. The second kappa shape index (κ2) is 4.49. The topological polar surface area (TPSA) is 153 Å². The zero-order valence-electron chi connectivity index (χ0n) is 8.49. The highest BCUT2D eigenvalue weighted by molar-refractivity contribution is 7.91. The Hall–Kier alpha value is -1.36. The van der Waals surface area contributed by atoms with Gasteiger partial charge in [-0.25, -0.2) is 8.42 Å². The van der Waals surface area contributed by atoms with E-state index >= 15 is 0 Å². The molecule has 0 heterocycles. The molecule has 1 aromatic rings. The van der Waals surface area contributed by atoms with Crippen molar-refractivity contribution in [3.05, 3.63) is 18.2 Å². The summed E-state index contributed by atoms with van der Waals surface area (Å²) in [6, 6.07) is 3.76. The minimum Gasteiger partial charge on any atom is -0.399 e. The molecule has 0 aliphatic heterocycles. The van der Waals surface area contributed by atoms with Gasteiger partial charge < -0.3 is 11.5 Å². The molecule has 0 spiro atoms. The summed E-state index contributed by atoms with van der Waals surface area (Å²) in [6.45, 7) is 0. The average molecular weight is 281 g/mol. The van der Waals surface area contributed by atoms with Gasteiger partial charge in [-0.3, -0.25) is 4.55 Å². The van der Waals surface area contributed by atoms with Crippen LogP contribution in [0, 0.1) is 0 Å². The second-order valence-electron chi connectivity index (χ2n) is 3.17. The molecule has 0 unspecified atom stereocenters. The van der Waals surface area contributed by atoms with E-state index in [1.54, 1.807) is 4.72 Å². The molecule has 0 fully saturated rings. The Kier molecular flexibility index (Phi) is 3.62. The largest absolute Gasteiger partial charge is 0.399 e. The fourth-order valence-electron chi connectivity index (χ4n) is 1.01. The van der Waals surface area contributed by atoms with E-state index in [9.17, 15) is 16.8 Å². The summed E-state index contributed by atoms with van der Waals surface area (Å²) < 4.78 is 54.2. The van der Waals surface area contributed by atoms with Crippen molar-refractivity contribution >= 4 is 31.5 Å². The molecule has 0 aromatic heterocycles. The highest BCUT2D eigenvalue weighted by atomic mass is 32.2. The van der Waals surface area contributed by atoms with Gasteiger partial charge in [0.05, 0.1) is 5.69 Å². The van der Waals surface area contributed by atoms with E-state index in [0.29, 0.717) is 0 Å². The molecule has 10 heteroatoms. The Morgan fingerprint density at radius 3 is 2.29 bits per heavy atom. The highest BCUT2D eigenvalue weighted by Crippen LogP contribution is 2.20. The number of nitrogen functional groups attached to an aromatic ring is 2. The van der Waals surface area contributed by atoms with Gasteiger partial charge in [0, 0.05) is 5.69 Å². The molecule has 0 saturated heterocycles. The molecule has 0 saturated carbocycles. The van der Waals surface area contributed by atoms with Crippen molar-refractivity contribution in [3.63, 3.8) is 0 Å². The van der Waals surface area contributed by atoms with Crippen molar-refractivity contribution in [2.24, 2.45) is 0 Å². The quantitative estimate of drug-likeness (QED) is 0.406. The van der Waals surface area contributed by atoms with Gasteiger partial charge in [0.25, 0.3) is 10.1 Å². The molecule has 1 aromatic carbocycles. The zero-order valence-corrected chi connectivity index (χ0v) is 10.1. The molecule has 1 rings (SSSR count). The summed E-state index contributed by atoms with van der Waals surface area (Å²) in [5.41, 5.74) is 10.9. The van der Waals surface area contributed by atoms with E-state index in [-0.39, 0.29) is 16.3 Å². The Morgan fingerprint density at radius 1 is 1.18 bits per heavy atom. The van der Waals surface area contributed by atoms with Crippen LogP contribution in [0.2, 0.25) is 0 Å². The maximum absolute atomic E-state index is 11.6. The third kappa shape index (κ3) is 3.85. The fraction of sp³-hybridized carbons (Fsp3) is 0.143. The molecular formula is C7H11N3O5S2. The van der Waals surface area contributed by atoms with Gasteiger partial charge in [0.15, 0.2) is 0 Å². The molecule has 17 heavy (non-hydrogen) atoms. The van der Waals surface area contributed by atoms with Gasteiger partial charge in [-0.1, -0.05) is 0 Å². The number of rotatable bonds is 4. The van der Waals surface area contributed by atoms with E-state index < -0.39 is 26.0 Å². The lowest BCUT2D eigenvalue weighted by Crippen LogP contribution is -2.30. The Bertz CT molecular complexity index is 623. The molecule has 8 nitrogen and oxygen atoms in total. The molecule has 0 atom stereocenters. The number of nitrogens with one attached hydrogen (secondary N) is 1. The first-order chi connectivity index (χ1) is 7.62. The molecular weight excluding hydrogens is 270 g/mol. The minimum absolute atomic E-state index is 0.0814. The fourth-order valence-corrected chi connectivity index (χ4v) is 3.05. The lowest BCUT2D eigenvalue weighted by molar-refractivity contribution is 0.480. The van der Waals surface area contributed by atoms with Crippen molar-refractivity contribution in [2.45, 2.75) is 4.90 Å². The van der Waals surface area contributed by atoms with Gasteiger partial charge >= 0.3 is 0 Å². The number of anilines is 2. The van der Waals surface area contributed by atoms with Crippen LogP contribution in [0.3, 0.4) is 0 Å². The van der Waals surface area contributed by atoms with E-state index in [2.05, 4.69) is 0 Å². The Labute approximate surface area is 98.4 Å². The number of hydrogen-bond acceptors (Lipinski definition) is 6. The van der Waals surface area contributed by atoms with E-state index in [1.165, 1.54) is 12.1 Å². The van der Waals surface area contributed by atoms with E-state index in [0.717, 1.165) is 6.07 Å². The number of nitrogens with two attached hydrogens (primary N) is 2. The standard InChI is InChI=1S/C7H11N3O5S2/c8-5-1-2-6(9)7(3-5)17(14,15)10-4-16(11,12)13/h1-3,10H,4,8-9H2,(H,11,12,13). The summed E-state index contributed by atoms with van der Waals surface area (Å²) in [4.78, 5) is -0.346. The van der Waals surface area contributed by atoms with Gasteiger partial charge in [-0.2, -0.15) is 13.1 Å². The van der Waals surface area contributed by atoms with E-state index in [4.69, 9.17) is 16.0 Å². The lowest BCUT2D eigenvalue weighted by Gasteiger charge is -2.08. The SMILES string of the molecule is Nc1ccc(N)c(S(=O)(=O)NCS(=O)(=O)O)c1. The van der Waals surface area contributed by atoms with Crippen LogP contribution >= 0.6 is 0 Å². The molecule has 6 N–H and O–H groups in total. The number of sulfonamides is 1. The minimum atomic E-state index is -4.45. The normalized spacial score (nSPS) is 12.5. The summed E-state index contributed by atoms with van der Waals surface area (Å²) in [7, 11) is -8.59. The van der Waals surface area contributed by atoms with Crippen LogP contribution in [-0.2, 0) is 20.1 Å². The maximum atomic E-state index is 11.6. The van der Waals surface area contributed by atoms with Crippen molar-refractivity contribution < 1.29 is 21.4 Å². The van der Waals surface area contributed by atoms with Gasteiger partial charge in [-0.15, -0.1) is 0 Å². The van der Waals surface area contributed by atoms with Crippen LogP contribution in [0.15, 0.2) is 23.1 Å². The van der Waals surface area contributed by atoms with Crippen LogP contribution in [0.5, 0.6) is 0 Å². The van der Waals surface area contributed by atoms with Crippen molar-refractivity contribution in [1.82, 2.24) is 4.72 Å². The van der Waals surface area contributed by atoms with Gasteiger partial charge in [0.2, 0.25) is 10.0 Å². The first kappa shape index (κ1) is 13.7. The second-order valence-corrected chi connectivity index (χ2v) is 6.36. The molecule has 96 valence electrons. The van der Waals surface area contributed by atoms with Gasteiger partial charge in [0.1, 0.15) is 10.8 Å². The predicted octanol–water partition coefficient (Wildman–Crippen LogP) is -1.03. The average Bonchev–Trinajstić information content (AvgIpc) is 2.18. The van der Waals surface area contributed by atoms with Gasteiger partial charge in [-0.05, 0) is 18.2 Å². The van der Waals surface area contributed by atoms with Crippen LogP contribution in [0.25, 0.3) is 0 Å². The third-order valence-corrected chi connectivity index (χ3v) is 3.91. The monoisotopic (exact) mass is 281 g/mol. The summed E-state index contributed by atoms with van der Waals surface area (Å²) in [6.07, 6.45) is 0. The smallest absolute Gasteiger partial charge is 0.279 e. The van der Waals surface area contributed by atoms with E-state index in [1.807, 2.05) is 0 Å². The molecule has 0 amide bonds. The first-order valence-electron chi connectivity index (χ1n) is 4.22. The van der Waals surface area contributed by atoms with Crippen molar-refractivity contribution in [1.29, 1.82) is 0 Å².